The summed E-state index contributed by atoms with van der Waals surface area (Å²) in [6.45, 7) is 0. The first-order chi connectivity index (χ1) is 14.7. The summed E-state index contributed by atoms with van der Waals surface area (Å²) in [5.41, 5.74) is 9.76. The van der Waals surface area contributed by atoms with Crippen LogP contribution in [0.2, 0.25) is 0 Å². The normalized spacial score (nSPS) is 14.3. The highest BCUT2D eigenvalue weighted by molar-refractivity contribution is 5.99. The lowest BCUT2D eigenvalue weighted by molar-refractivity contribution is 0.414. The highest BCUT2D eigenvalue weighted by Crippen LogP contribution is 2.33. The van der Waals surface area contributed by atoms with E-state index in [1.54, 1.807) is 11.8 Å². The van der Waals surface area contributed by atoms with E-state index in [9.17, 15) is 0 Å². The summed E-state index contributed by atoms with van der Waals surface area (Å²) < 4.78 is 6.97. The Hall–Kier alpha value is -3.61. The van der Waals surface area contributed by atoms with Gasteiger partial charge in [0.15, 0.2) is 5.65 Å². The largest absolute Gasteiger partial charge is 0.497 e. The minimum absolute atomic E-state index is 0.409. The van der Waals surface area contributed by atoms with Crippen molar-refractivity contribution in [3.05, 3.63) is 54.6 Å². The third kappa shape index (κ3) is 3.32. The Bertz CT molecular complexity index is 1160. The molecule has 7 heteroatoms. The van der Waals surface area contributed by atoms with E-state index in [1.165, 1.54) is 12.8 Å². The molecular weight excluding hydrogens is 376 g/mol. The van der Waals surface area contributed by atoms with Crippen LogP contribution in [0.15, 0.2) is 54.6 Å². The number of nitrogens with zero attached hydrogens (tertiary/aromatic N) is 4. The molecule has 0 atom stereocenters. The smallest absolute Gasteiger partial charge is 0.225 e. The molecule has 0 aliphatic heterocycles. The summed E-state index contributed by atoms with van der Waals surface area (Å²) >= 11 is 0. The zero-order valence-electron chi connectivity index (χ0n) is 16.9. The molecule has 1 saturated carbocycles. The lowest BCUT2D eigenvalue weighted by Gasteiger charge is -2.13. The van der Waals surface area contributed by atoms with Crippen LogP contribution >= 0.6 is 0 Å². The number of methoxy groups -OCH3 is 1. The van der Waals surface area contributed by atoms with Gasteiger partial charge in [-0.25, -0.2) is 9.67 Å². The number of benzene rings is 2. The van der Waals surface area contributed by atoms with Crippen LogP contribution < -0.4 is 15.8 Å². The quantitative estimate of drug-likeness (QED) is 0.515. The van der Waals surface area contributed by atoms with Crippen LogP contribution in [0.1, 0.15) is 25.7 Å². The molecule has 1 aliphatic carbocycles. The molecule has 2 aromatic carbocycles. The fourth-order valence-electron chi connectivity index (χ4n) is 4.05. The topological polar surface area (TPSA) is 90.9 Å². The van der Waals surface area contributed by atoms with Crippen LogP contribution in [0.4, 0.5) is 11.8 Å². The van der Waals surface area contributed by atoms with Crippen molar-refractivity contribution < 1.29 is 4.74 Å². The monoisotopic (exact) mass is 400 g/mol. The number of rotatable bonds is 5. The minimum Gasteiger partial charge on any atom is -0.497 e. The zero-order chi connectivity index (χ0) is 20.5. The second-order valence-electron chi connectivity index (χ2n) is 7.58. The van der Waals surface area contributed by atoms with Gasteiger partial charge in [-0.15, -0.1) is 5.10 Å². The SMILES string of the molecule is COc1ccc(-n2nc3nc(NC4CCCC4)nc(-c4ccccc4)c3c2N)cc1. The summed E-state index contributed by atoms with van der Waals surface area (Å²) in [5.74, 6) is 1.90. The number of fused-ring (bicyclic) bond motifs is 1. The highest BCUT2D eigenvalue weighted by Gasteiger charge is 2.21. The first kappa shape index (κ1) is 18.4. The Morgan fingerprint density at radius 1 is 1.00 bits per heavy atom. The summed E-state index contributed by atoms with van der Waals surface area (Å²) in [7, 11) is 1.65. The number of nitrogens with two attached hydrogens (primary N) is 1. The first-order valence-corrected chi connectivity index (χ1v) is 10.3. The molecule has 0 radical (unpaired) electrons. The average Bonchev–Trinajstić information content (AvgIpc) is 3.42. The van der Waals surface area contributed by atoms with Crippen LogP contribution in [0.3, 0.4) is 0 Å². The summed E-state index contributed by atoms with van der Waals surface area (Å²) in [6.07, 6.45) is 4.77. The Labute approximate surface area is 174 Å². The Morgan fingerprint density at radius 3 is 2.43 bits per heavy atom. The molecule has 30 heavy (non-hydrogen) atoms. The van der Waals surface area contributed by atoms with Gasteiger partial charge in [0, 0.05) is 11.6 Å². The van der Waals surface area contributed by atoms with Gasteiger partial charge in [-0.1, -0.05) is 43.2 Å². The lowest BCUT2D eigenvalue weighted by Crippen LogP contribution is -2.17. The summed E-state index contributed by atoms with van der Waals surface area (Å²) in [5, 5.41) is 8.98. The van der Waals surface area contributed by atoms with Gasteiger partial charge in [0.1, 0.15) is 11.6 Å². The van der Waals surface area contributed by atoms with E-state index in [0.29, 0.717) is 23.5 Å². The maximum atomic E-state index is 6.56. The van der Waals surface area contributed by atoms with Crippen molar-refractivity contribution in [3.63, 3.8) is 0 Å². The van der Waals surface area contributed by atoms with Gasteiger partial charge in [-0.2, -0.15) is 4.98 Å². The molecule has 0 bridgehead atoms. The number of ether oxygens (including phenoxy) is 1. The Morgan fingerprint density at radius 2 is 1.73 bits per heavy atom. The molecule has 2 heterocycles. The second-order valence-corrected chi connectivity index (χ2v) is 7.58. The molecular formula is C23H24N6O. The molecule has 0 unspecified atom stereocenters. The number of nitrogens with one attached hydrogen (secondary N) is 1. The van der Waals surface area contributed by atoms with Gasteiger partial charge in [-0.05, 0) is 37.1 Å². The summed E-state index contributed by atoms with van der Waals surface area (Å²) in [4.78, 5) is 9.56. The van der Waals surface area contributed by atoms with Crippen molar-refractivity contribution in [2.45, 2.75) is 31.7 Å². The third-order valence-corrected chi connectivity index (χ3v) is 5.62. The van der Waals surface area contributed by atoms with Crippen molar-refractivity contribution in [3.8, 4) is 22.7 Å². The fraction of sp³-hybridized carbons (Fsp3) is 0.261. The molecule has 1 aliphatic rings. The van der Waals surface area contributed by atoms with E-state index in [2.05, 4.69) is 5.32 Å². The van der Waals surface area contributed by atoms with Gasteiger partial charge in [0.05, 0.1) is 23.9 Å². The van der Waals surface area contributed by atoms with Crippen molar-refractivity contribution in [1.29, 1.82) is 0 Å². The maximum Gasteiger partial charge on any atom is 0.225 e. The van der Waals surface area contributed by atoms with Crippen molar-refractivity contribution in [2.24, 2.45) is 0 Å². The second kappa shape index (κ2) is 7.67. The van der Waals surface area contributed by atoms with Crippen LogP contribution in [0.25, 0.3) is 28.0 Å². The lowest BCUT2D eigenvalue weighted by atomic mass is 10.1. The molecule has 4 aromatic rings. The Kier molecular flexibility index (Phi) is 4.71. The third-order valence-electron chi connectivity index (χ3n) is 5.62. The molecule has 0 saturated heterocycles. The first-order valence-electron chi connectivity index (χ1n) is 10.3. The standard InChI is InChI=1S/C23H24N6O/c1-30-18-13-11-17(12-14-18)29-21(24)19-20(15-7-3-2-4-8-15)26-23(27-22(19)28-29)25-16-9-5-6-10-16/h2-4,7-8,11-14,16H,5-6,9-10,24H2,1H3,(H,25,27,28). The van der Waals surface area contributed by atoms with Gasteiger partial charge in [0.2, 0.25) is 5.95 Å². The highest BCUT2D eigenvalue weighted by atomic mass is 16.5. The number of anilines is 2. The van der Waals surface area contributed by atoms with E-state index in [1.807, 2.05) is 54.6 Å². The van der Waals surface area contributed by atoms with Crippen molar-refractivity contribution in [1.82, 2.24) is 19.7 Å². The van der Waals surface area contributed by atoms with Crippen LogP contribution in [0, 0.1) is 0 Å². The Balaban J connectivity index is 1.66. The minimum atomic E-state index is 0.409. The van der Waals surface area contributed by atoms with Crippen molar-refractivity contribution >= 4 is 22.8 Å². The van der Waals surface area contributed by atoms with E-state index in [0.717, 1.165) is 40.9 Å². The molecule has 2 aromatic heterocycles. The van der Waals surface area contributed by atoms with Crippen molar-refractivity contribution in [2.75, 3.05) is 18.2 Å². The van der Waals surface area contributed by atoms with Crippen LogP contribution in [-0.2, 0) is 0 Å². The van der Waals surface area contributed by atoms with Gasteiger partial charge < -0.3 is 15.8 Å². The molecule has 7 nitrogen and oxygen atoms in total. The van der Waals surface area contributed by atoms with E-state index < -0.39 is 0 Å². The van der Waals surface area contributed by atoms with Gasteiger partial charge >= 0.3 is 0 Å². The van der Waals surface area contributed by atoms with E-state index in [-0.39, 0.29) is 0 Å². The fourth-order valence-corrected chi connectivity index (χ4v) is 4.05. The molecule has 152 valence electrons. The number of nitrogen functional groups attached to an aromatic ring is 1. The number of hydrogen-bond donors (Lipinski definition) is 2. The average molecular weight is 400 g/mol. The van der Waals surface area contributed by atoms with E-state index in [4.69, 9.17) is 25.5 Å². The molecule has 1 fully saturated rings. The molecule has 5 rings (SSSR count). The molecule has 0 spiro atoms. The number of aromatic nitrogens is 4. The van der Waals surface area contributed by atoms with Crippen LogP contribution in [-0.4, -0.2) is 32.9 Å². The zero-order valence-corrected chi connectivity index (χ0v) is 16.9. The van der Waals surface area contributed by atoms with Gasteiger partial charge in [0.25, 0.3) is 0 Å². The molecule has 3 N–H and O–H groups in total. The van der Waals surface area contributed by atoms with E-state index >= 15 is 0 Å². The number of hydrogen-bond acceptors (Lipinski definition) is 6. The van der Waals surface area contributed by atoms with Crippen LogP contribution in [0.5, 0.6) is 5.75 Å². The predicted molar refractivity (Wildman–Crippen MR) is 119 cm³/mol. The van der Waals surface area contributed by atoms with Gasteiger partial charge in [-0.3, -0.25) is 0 Å². The summed E-state index contributed by atoms with van der Waals surface area (Å²) in [6, 6.07) is 18.1. The maximum absolute atomic E-state index is 6.56. The predicted octanol–water partition coefficient (Wildman–Crippen LogP) is 4.43. The molecule has 0 amide bonds.